The predicted octanol–water partition coefficient (Wildman–Crippen LogP) is 0.764. The molecule has 0 aromatic heterocycles. The number of methoxy groups -OCH3 is 1. The average molecular weight is 301 g/mol. The summed E-state index contributed by atoms with van der Waals surface area (Å²) in [5.74, 6) is 0.850. The van der Waals surface area contributed by atoms with Crippen molar-refractivity contribution in [1.82, 2.24) is 10.6 Å². The highest BCUT2D eigenvalue weighted by molar-refractivity contribution is 5.85. The quantitative estimate of drug-likeness (QED) is 0.762. The largest absolute Gasteiger partial charge is 0.497 e. The average Bonchev–Trinajstić information content (AvgIpc) is 2.46. The molecule has 0 bridgehead atoms. The first-order chi connectivity index (χ1) is 9.28. The van der Waals surface area contributed by atoms with Crippen LogP contribution in [0.5, 0.6) is 5.75 Å². The van der Waals surface area contributed by atoms with Crippen molar-refractivity contribution in [2.24, 2.45) is 0 Å². The van der Waals surface area contributed by atoms with Crippen LogP contribution in [0.2, 0.25) is 0 Å². The smallest absolute Gasteiger partial charge is 0.246 e. The van der Waals surface area contributed by atoms with Crippen molar-refractivity contribution in [3.05, 3.63) is 29.8 Å². The van der Waals surface area contributed by atoms with Crippen LogP contribution in [-0.2, 0) is 16.0 Å². The molecule has 1 aliphatic heterocycles. The van der Waals surface area contributed by atoms with E-state index >= 15 is 0 Å². The fraction of sp³-hybridized carbons (Fsp3) is 0.500. The van der Waals surface area contributed by atoms with Gasteiger partial charge in [-0.2, -0.15) is 0 Å². The lowest BCUT2D eigenvalue weighted by molar-refractivity contribution is -0.132. The van der Waals surface area contributed by atoms with Crippen LogP contribution in [0.3, 0.4) is 0 Å². The van der Waals surface area contributed by atoms with Gasteiger partial charge in [0.05, 0.1) is 13.2 Å². The molecule has 1 unspecified atom stereocenters. The Morgan fingerprint density at radius 2 is 2.35 bits per heavy atom. The van der Waals surface area contributed by atoms with Crippen LogP contribution < -0.4 is 15.4 Å². The molecule has 6 heteroatoms. The zero-order valence-electron chi connectivity index (χ0n) is 11.6. The minimum atomic E-state index is -0.0346. The molecule has 1 saturated heterocycles. The van der Waals surface area contributed by atoms with Crippen LogP contribution in [0.25, 0.3) is 0 Å². The second-order valence-electron chi connectivity index (χ2n) is 4.54. The monoisotopic (exact) mass is 300 g/mol. The van der Waals surface area contributed by atoms with Gasteiger partial charge >= 0.3 is 0 Å². The van der Waals surface area contributed by atoms with Gasteiger partial charge in [0.1, 0.15) is 12.4 Å². The minimum absolute atomic E-state index is 0. The van der Waals surface area contributed by atoms with Gasteiger partial charge in [-0.3, -0.25) is 4.79 Å². The molecule has 112 valence electrons. The highest BCUT2D eigenvalue weighted by Crippen LogP contribution is 2.12. The number of nitrogens with one attached hydrogen (secondary N) is 2. The number of morpholine rings is 1. The lowest BCUT2D eigenvalue weighted by atomic mass is 10.1. The van der Waals surface area contributed by atoms with Crippen LogP contribution in [0, 0.1) is 0 Å². The van der Waals surface area contributed by atoms with Crippen molar-refractivity contribution in [2.75, 3.05) is 33.4 Å². The maximum Gasteiger partial charge on any atom is 0.246 e. The first-order valence-electron chi connectivity index (χ1n) is 6.50. The van der Waals surface area contributed by atoms with E-state index in [9.17, 15) is 4.79 Å². The Labute approximate surface area is 125 Å². The molecular weight excluding hydrogens is 280 g/mol. The predicted molar refractivity (Wildman–Crippen MR) is 79.6 cm³/mol. The van der Waals surface area contributed by atoms with E-state index in [0.717, 1.165) is 25.3 Å². The summed E-state index contributed by atoms with van der Waals surface area (Å²) < 4.78 is 10.6. The normalized spacial score (nSPS) is 18.1. The summed E-state index contributed by atoms with van der Waals surface area (Å²) in [6, 6.07) is 8.06. The number of carbonyl (C=O) groups is 1. The molecule has 1 aromatic rings. The summed E-state index contributed by atoms with van der Waals surface area (Å²) in [4.78, 5) is 10.9. The van der Waals surface area contributed by atoms with E-state index < -0.39 is 0 Å². The summed E-state index contributed by atoms with van der Waals surface area (Å²) in [5.41, 5.74) is 1.24. The maximum absolute atomic E-state index is 10.9. The van der Waals surface area contributed by atoms with E-state index in [1.54, 1.807) is 7.11 Å². The second-order valence-corrected chi connectivity index (χ2v) is 4.54. The van der Waals surface area contributed by atoms with Gasteiger partial charge < -0.3 is 20.1 Å². The lowest BCUT2D eigenvalue weighted by Gasteiger charge is -2.23. The standard InChI is InChI=1S/C14H20N2O3.ClH/c1-18-12-4-2-3-11(7-12)5-6-15-8-13-9-16-14(17)10-19-13;/h2-4,7,13,15H,5-6,8-10H2,1H3,(H,16,17);1H. The van der Waals surface area contributed by atoms with Crippen LogP contribution in [0.1, 0.15) is 5.56 Å². The first kappa shape index (κ1) is 16.8. The molecule has 1 fully saturated rings. The Morgan fingerprint density at radius 3 is 3.05 bits per heavy atom. The number of benzene rings is 1. The first-order valence-corrected chi connectivity index (χ1v) is 6.50. The molecule has 5 nitrogen and oxygen atoms in total. The Bertz CT molecular complexity index is 419. The second kappa shape index (κ2) is 8.79. The molecule has 20 heavy (non-hydrogen) atoms. The third kappa shape index (κ3) is 5.36. The highest BCUT2D eigenvalue weighted by atomic mass is 35.5. The van der Waals surface area contributed by atoms with Gasteiger partial charge in [-0.1, -0.05) is 12.1 Å². The number of carbonyl (C=O) groups excluding carboxylic acids is 1. The molecule has 0 saturated carbocycles. The van der Waals surface area contributed by atoms with Gasteiger partial charge in [-0.25, -0.2) is 0 Å². The molecule has 1 atom stereocenters. The third-order valence-electron chi connectivity index (χ3n) is 3.07. The fourth-order valence-electron chi connectivity index (χ4n) is 1.99. The van der Waals surface area contributed by atoms with Crippen molar-refractivity contribution >= 4 is 18.3 Å². The summed E-state index contributed by atoms with van der Waals surface area (Å²) in [6.45, 7) is 2.39. The Morgan fingerprint density at radius 1 is 1.50 bits per heavy atom. The lowest BCUT2D eigenvalue weighted by Crippen LogP contribution is -2.47. The van der Waals surface area contributed by atoms with Gasteiger partial charge in [0.15, 0.2) is 0 Å². The number of amides is 1. The molecule has 0 aliphatic carbocycles. The van der Waals surface area contributed by atoms with E-state index in [1.807, 2.05) is 18.2 Å². The Kier molecular flexibility index (Phi) is 7.36. The number of rotatable bonds is 6. The molecule has 0 spiro atoms. The summed E-state index contributed by atoms with van der Waals surface area (Å²) in [5, 5.41) is 6.12. The molecule has 1 aliphatic rings. The number of hydrogen-bond acceptors (Lipinski definition) is 4. The SMILES string of the molecule is COc1cccc(CCNCC2CNC(=O)CO2)c1.Cl. The molecule has 1 aromatic carbocycles. The Hall–Kier alpha value is -1.30. The van der Waals surface area contributed by atoms with E-state index in [2.05, 4.69) is 16.7 Å². The number of halogens is 1. The van der Waals surface area contributed by atoms with Crippen molar-refractivity contribution < 1.29 is 14.3 Å². The van der Waals surface area contributed by atoms with Crippen LogP contribution >= 0.6 is 12.4 Å². The topological polar surface area (TPSA) is 59.6 Å². The summed E-state index contributed by atoms with van der Waals surface area (Å²) in [6.07, 6.45) is 1.01. The van der Waals surface area contributed by atoms with Crippen molar-refractivity contribution in [3.63, 3.8) is 0 Å². The molecule has 0 radical (unpaired) electrons. The van der Waals surface area contributed by atoms with Crippen molar-refractivity contribution in [3.8, 4) is 5.75 Å². The number of ether oxygens (including phenoxy) is 2. The zero-order valence-corrected chi connectivity index (χ0v) is 12.4. The van der Waals surface area contributed by atoms with Crippen LogP contribution in [0.4, 0.5) is 0 Å². The Balaban J connectivity index is 0.00000200. The number of hydrogen-bond donors (Lipinski definition) is 2. The minimum Gasteiger partial charge on any atom is -0.497 e. The van der Waals surface area contributed by atoms with Crippen LogP contribution in [-0.4, -0.2) is 45.4 Å². The van der Waals surface area contributed by atoms with E-state index in [1.165, 1.54) is 5.56 Å². The zero-order chi connectivity index (χ0) is 13.5. The molecule has 2 N–H and O–H groups in total. The van der Waals surface area contributed by atoms with Gasteiger partial charge in [-0.05, 0) is 30.7 Å². The summed E-state index contributed by atoms with van der Waals surface area (Å²) in [7, 11) is 1.67. The van der Waals surface area contributed by atoms with E-state index in [-0.39, 0.29) is 31.0 Å². The van der Waals surface area contributed by atoms with Crippen LogP contribution in [0.15, 0.2) is 24.3 Å². The highest BCUT2D eigenvalue weighted by Gasteiger charge is 2.17. The molecular formula is C14H21ClN2O3. The van der Waals surface area contributed by atoms with Crippen molar-refractivity contribution in [2.45, 2.75) is 12.5 Å². The van der Waals surface area contributed by atoms with E-state index in [4.69, 9.17) is 9.47 Å². The molecule has 1 amide bonds. The van der Waals surface area contributed by atoms with Crippen molar-refractivity contribution in [1.29, 1.82) is 0 Å². The van der Waals surface area contributed by atoms with Gasteiger partial charge in [0.25, 0.3) is 0 Å². The fourth-order valence-corrected chi connectivity index (χ4v) is 1.99. The van der Waals surface area contributed by atoms with Gasteiger partial charge in [0, 0.05) is 13.1 Å². The van der Waals surface area contributed by atoms with Gasteiger partial charge in [0.2, 0.25) is 5.91 Å². The van der Waals surface area contributed by atoms with E-state index in [0.29, 0.717) is 6.54 Å². The third-order valence-corrected chi connectivity index (χ3v) is 3.07. The molecule has 2 rings (SSSR count). The molecule has 1 heterocycles. The maximum atomic E-state index is 10.9. The van der Waals surface area contributed by atoms with Gasteiger partial charge in [-0.15, -0.1) is 12.4 Å². The summed E-state index contributed by atoms with van der Waals surface area (Å²) >= 11 is 0.